The molecule has 0 saturated carbocycles. The van der Waals surface area contributed by atoms with Crippen LogP contribution in [0.1, 0.15) is 12.0 Å². The van der Waals surface area contributed by atoms with Gasteiger partial charge < -0.3 is 15.3 Å². The van der Waals surface area contributed by atoms with Gasteiger partial charge in [0.15, 0.2) is 0 Å². The second kappa shape index (κ2) is 7.01. The molecule has 0 spiro atoms. The van der Waals surface area contributed by atoms with E-state index in [9.17, 15) is 23.5 Å². The van der Waals surface area contributed by atoms with Crippen molar-refractivity contribution >= 4 is 29.1 Å². The van der Waals surface area contributed by atoms with Crippen LogP contribution in [0.25, 0.3) is 0 Å². The molecule has 1 atom stereocenters. The first-order chi connectivity index (χ1) is 12.3. The number of benzene rings is 2. The molecule has 2 aromatic rings. The van der Waals surface area contributed by atoms with Crippen LogP contribution in [-0.2, 0) is 16.1 Å². The Labute approximate surface area is 153 Å². The molecule has 1 saturated heterocycles. The number of nitrogens with zero attached hydrogens (tertiary/aromatic N) is 1. The number of aliphatic hydroxyl groups is 1. The Hall–Kier alpha value is -2.51. The van der Waals surface area contributed by atoms with E-state index in [0.717, 1.165) is 0 Å². The van der Waals surface area contributed by atoms with E-state index >= 15 is 0 Å². The number of hydrogen-bond donors (Lipinski definition) is 2. The van der Waals surface area contributed by atoms with Crippen molar-refractivity contribution in [2.24, 2.45) is 0 Å². The van der Waals surface area contributed by atoms with Crippen molar-refractivity contribution in [2.45, 2.75) is 18.6 Å². The Bertz CT molecular complexity index is 860. The molecule has 0 radical (unpaired) electrons. The van der Waals surface area contributed by atoms with Crippen molar-refractivity contribution in [3.8, 4) is 0 Å². The molecule has 2 N–H and O–H groups in total. The Kier molecular flexibility index (Phi) is 4.93. The number of amides is 2. The van der Waals surface area contributed by atoms with Crippen molar-refractivity contribution in [3.63, 3.8) is 0 Å². The van der Waals surface area contributed by atoms with Gasteiger partial charge in [-0.25, -0.2) is 8.78 Å². The molecule has 136 valence electrons. The summed E-state index contributed by atoms with van der Waals surface area (Å²) >= 11 is 5.68. The van der Waals surface area contributed by atoms with E-state index in [0.29, 0.717) is 5.69 Å². The average Bonchev–Trinajstić information content (AvgIpc) is 2.93. The van der Waals surface area contributed by atoms with E-state index in [2.05, 4.69) is 5.32 Å². The summed E-state index contributed by atoms with van der Waals surface area (Å²) in [6.45, 7) is -0.128. The van der Waals surface area contributed by atoms with Crippen molar-refractivity contribution in [3.05, 3.63) is 64.7 Å². The van der Waals surface area contributed by atoms with E-state index in [1.165, 1.54) is 47.4 Å². The largest absolute Gasteiger partial charge is 0.372 e. The zero-order chi connectivity index (χ0) is 18.9. The highest BCUT2D eigenvalue weighted by atomic mass is 35.5. The second-order valence-electron chi connectivity index (χ2n) is 5.94. The van der Waals surface area contributed by atoms with Crippen LogP contribution >= 0.6 is 11.6 Å². The third-order valence-electron chi connectivity index (χ3n) is 4.28. The van der Waals surface area contributed by atoms with E-state index < -0.39 is 29.0 Å². The fourth-order valence-corrected chi connectivity index (χ4v) is 2.98. The fourth-order valence-electron chi connectivity index (χ4n) is 2.79. The first-order valence-corrected chi connectivity index (χ1v) is 8.22. The van der Waals surface area contributed by atoms with E-state index in [-0.39, 0.29) is 30.1 Å². The van der Waals surface area contributed by atoms with E-state index in [1.807, 2.05) is 0 Å². The maximum absolute atomic E-state index is 13.9. The molecule has 1 aliphatic rings. The third-order valence-corrected chi connectivity index (χ3v) is 4.57. The lowest BCUT2D eigenvalue weighted by Gasteiger charge is -2.22. The molecule has 3 rings (SSSR count). The summed E-state index contributed by atoms with van der Waals surface area (Å²) in [6, 6.07) is 9.47. The summed E-state index contributed by atoms with van der Waals surface area (Å²) in [6.07, 6.45) is -0.132. The molecule has 2 aromatic carbocycles. The van der Waals surface area contributed by atoms with Gasteiger partial charge in [0.05, 0.1) is 5.02 Å². The van der Waals surface area contributed by atoms with Crippen LogP contribution in [-0.4, -0.2) is 29.1 Å². The van der Waals surface area contributed by atoms with Gasteiger partial charge >= 0.3 is 0 Å². The van der Waals surface area contributed by atoms with Crippen LogP contribution in [0.15, 0.2) is 42.5 Å². The molecular formula is C18H15ClF2N2O3. The molecule has 1 heterocycles. The molecule has 1 aliphatic heterocycles. The molecule has 0 unspecified atom stereocenters. The molecule has 0 bridgehead atoms. The second-order valence-corrected chi connectivity index (χ2v) is 6.35. The smallest absolute Gasteiger partial charge is 0.268 e. The zero-order valence-electron chi connectivity index (χ0n) is 13.5. The summed E-state index contributed by atoms with van der Waals surface area (Å²) in [7, 11) is 0. The van der Waals surface area contributed by atoms with Gasteiger partial charge in [-0.15, -0.1) is 0 Å². The predicted molar refractivity (Wildman–Crippen MR) is 91.6 cm³/mol. The highest BCUT2D eigenvalue weighted by Gasteiger charge is 2.51. The van der Waals surface area contributed by atoms with Crippen LogP contribution in [0.3, 0.4) is 0 Å². The molecule has 5 nitrogen and oxygen atoms in total. The number of halogens is 3. The Morgan fingerprint density at radius 3 is 2.62 bits per heavy atom. The Morgan fingerprint density at radius 1 is 1.23 bits per heavy atom. The number of carbonyl (C=O) groups is 2. The first-order valence-electron chi connectivity index (χ1n) is 7.84. The van der Waals surface area contributed by atoms with Crippen LogP contribution in [0.2, 0.25) is 5.02 Å². The number of hydrogen-bond acceptors (Lipinski definition) is 3. The van der Waals surface area contributed by atoms with Crippen molar-refractivity contribution in [1.29, 1.82) is 0 Å². The van der Waals surface area contributed by atoms with Gasteiger partial charge in [-0.1, -0.05) is 23.7 Å². The first kappa shape index (κ1) is 18.3. The maximum atomic E-state index is 13.9. The average molecular weight is 381 g/mol. The summed E-state index contributed by atoms with van der Waals surface area (Å²) in [5.74, 6) is -2.87. The van der Waals surface area contributed by atoms with Crippen LogP contribution in [0.4, 0.5) is 14.5 Å². The Balaban J connectivity index is 1.71. The third kappa shape index (κ3) is 3.27. The van der Waals surface area contributed by atoms with Gasteiger partial charge in [-0.2, -0.15) is 0 Å². The molecule has 0 aliphatic carbocycles. The van der Waals surface area contributed by atoms with Gasteiger partial charge in [0.1, 0.15) is 11.6 Å². The quantitative estimate of drug-likeness (QED) is 0.800. The minimum Gasteiger partial charge on any atom is -0.372 e. The molecule has 26 heavy (non-hydrogen) atoms. The van der Waals surface area contributed by atoms with Gasteiger partial charge in [-0.05, 0) is 30.3 Å². The lowest BCUT2D eigenvalue weighted by molar-refractivity contribution is -0.149. The van der Waals surface area contributed by atoms with Gasteiger partial charge in [0.25, 0.3) is 11.8 Å². The molecule has 8 heteroatoms. The SMILES string of the molecule is O=C(NCc1cccc(Cl)c1F)[C@]1(O)CCN(c2ccc(F)cc2)C1=O. The van der Waals surface area contributed by atoms with Crippen molar-refractivity contribution < 1.29 is 23.5 Å². The number of anilines is 1. The minimum absolute atomic E-state index is 0.0881. The summed E-state index contributed by atoms with van der Waals surface area (Å²) in [4.78, 5) is 26.1. The van der Waals surface area contributed by atoms with Gasteiger partial charge in [-0.3, -0.25) is 9.59 Å². The predicted octanol–water partition coefficient (Wildman–Crippen LogP) is 2.40. The van der Waals surface area contributed by atoms with Gasteiger partial charge in [0.2, 0.25) is 5.60 Å². The Morgan fingerprint density at radius 2 is 1.92 bits per heavy atom. The molecular weight excluding hydrogens is 366 g/mol. The molecule has 2 amide bonds. The van der Waals surface area contributed by atoms with Crippen molar-refractivity contribution in [1.82, 2.24) is 5.32 Å². The highest BCUT2D eigenvalue weighted by molar-refractivity contribution is 6.30. The number of carbonyl (C=O) groups excluding carboxylic acids is 2. The monoisotopic (exact) mass is 380 g/mol. The zero-order valence-corrected chi connectivity index (χ0v) is 14.3. The van der Waals surface area contributed by atoms with E-state index in [1.54, 1.807) is 0 Å². The number of nitrogens with one attached hydrogen (secondary N) is 1. The summed E-state index contributed by atoms with van der Waals surface area (Å²) in [5.41, 5.74) is -1.75. The lowest BCUT2D eigenvalue weighted by Crippen LogP contribution is -2.52. The van der Waals surface area contributed by atoms with Gasteiger partial charge in [0, 0.05) is 30.8 Å². The summed E-state index contributed by atoms with van der Waals surface area (Å²) < 4.78 is 26.9. The summed E-state index contributed by atoms with van der Waals surface area (Å²) in [5, 5.41) is 12.8. The number of rotatable bonds is 4. The highest BCUT2D eigenvalue weighted by Crippen LogP contribution is 2.29. The maximum Gasteiger partial charge on any atom is 0.268 e. The van der Waals surface area contributed by atoms with Crippen LogP contribution in [0.5, 0.6) is 0 Å². The minimum atomic E-state index is -2.26. The standard InChI is InChI=1S/C18H15ClF2N2O3/c19-14-3-1-2-11(15(14)21)10-22-16(24)18(26)8-9-23(17(18)25)13-6-4-12(20)5-7-13/h1-7,26H,8-10H2,(H,22,24)/t18-/m1/s1. The van der Waals surface area contributed by atoms with E-state index in [4.69, 9.17) is 11.6 Å². The topological polar surface area (TPSA) is 69.6 Å². The lowest BCUT2D eigenvalue weighted by atomic mass is 10.0. The molecule has 1 fully saturated rings. The van der Waals surface area contributed by atoms with Crippen molar-refractivity contribution in [2.75, 3.05) is 11.4 Å². The molecule has 0 aromatic heterocycles. The van der Waals surface area contributed by atoms with Crippen LogP contribution < -0.4 is 10.2 Å². The normalized spacial score (nSPS) is 19.7. The fraction of sp³-hybridized carbons (Fsp3) is 0.222. The van der Waals surface area contributed by atoms with Crippen LogP contribution in [0, 0.1) is 11.6 Å².